The van der Waals surface area contributed by atoms with Gasteiger partial charge in [0.15, 0.2) is 5.78 Å². The Morgan fingerprint density at radius 2 is 1.89 bits per heavy atom. The monoisotopic (exact) mass is 535 g/mol. The van der Waals surface area contributed by atoms with Crippen molar-refractivity contribution in [3.8, 4) is 22.1 Å². The molecule has 0 fully saturated rings. The maximum Gasteiger partial charge on any atom is 0.306 e. The summed E-state index contributed by atoms with van der Waals surface area (Å²) in [5.74, 6) is 1.93. The molecule has 3 aromatic rings. The van der Waals surface area contributed by atoms with Crippen molar-refractivity contribution in [1.29, 1.82) is 0 Å². The van der Waals surface area contributed by atoms with Crippen molar-refractivity contribution in [3.63, 3.8) is 0 Å². The van der Waals surface area contributed by atoms with Crippen molar-refractivity contribution in [1.82, 2.24) is 4.98 Å². The molecule has 7 heteroatoms. The Kier molecular flexibility index (Phi) is 9.56. The van der Waals surface area contributed by atoms with Crippen molar-refractivity contribution in [2.75, 3.05) is 19.8 Å². The predicted octanol–water partition coefficient (Wildman–Crippen LogP) is 7.10. The molecular formula is C31H37NO5S. The molecule has 0 amide bonds. The van der Waals surface area contributed by atoms with Crippen LogP contribution in [0.25, 0.3) is 10.6 Å². The van der Waals surface area contributed by atoms with Gasteiger partial charge in [-0.05, 0) is 86.1 Å². The molecule has 0 spiro atoms. The topological polar surface area (TPSA) is 74.7 Å². The van der Waals surface area contributed by atoms with Gasteiger partial charge in [-0.1, -0.05) is 19.4 Å². The second kappa shape index (κ2) is 13.1. The molecule has 202 valence electrons. The number of ketones is 1. The Labute approximate surface area is 229 Å². The van der Waals surface area contributed by atoms with E-state index in [2.05, 4.69) is 30.1 Å². The Hall–Kier alpha value is -3.19. The van der Waals surface area contributed by atoms with E-state index >= 15 is 0 Å². The molecule has 4 rings (SSSR count). The molecule has 2 aromatic carbocycles. The smallest absolute Gasteiger partial charge is 0.306 e. The lowest BCUT2D eigenvalue weighted by molar-refractivity contribution is -0.143. The van der Waals surface area contributed by atoms with E-state index in [-0.39, 0.29) is 17.7 Å². The summed E-state index contributed by atoms with van der Waals surface area (Å²) in [6.45, 7) is 9.02. The minimum atomic E-state index is -0.122. The van der Waals surface area contributed by atoms with Crippen LogP contribution >= 0.6 is 11.3 Å². The minimum Gasteiger partial charge on any atom is -0.493 e. The van der Waals surface area contributed by atoms with E-state index in [1.807, 2.05) is 32.0 Å². The van der Waals surface area contributed by atoms with Crippen molar-refractivity contribution >= 4 is 23.1 Å². The van der Waals surface area contributed by atoms with Crippen LogP contribution in [0.2, 0.25) is 0 Å². The average molecular weight is 536 g/mol. The molecule has 1 atom stereocenters. The number of aryl methyl sites for hydroxylation is 3. The molecule has 1 aliphatic carbocycles. The number of fused-ring (bicyclic) bond motifs is 1. The molecule has 0 aliphatic heterocycles. The van der Waals surface area contributed by atoms with Gasteiger partial charge in [0.1, 0.15) is 16.5 Å². The van der Waals surface area contributed by atoms with Crippen molar-refractivity contribution in [3.05, 3.63) is 63.7 Å². The highest BCUT2D eigenvalue weighted by Crippen LogP contribution is 2.37. The number of rotatable bonds is 13. The van der Waals surface area contributed by atoms with Crippen LogP contribution in [-0.4, -0.2) is 36.6 Å². The zero-order chi connectivity index (χ0) is 27.1. The molecule has 1 aliphatic rings. The van der Waals surface area contributed by atoms with Crippen LogP contribution in [0.5, 0.6) is 11.5 Å². The molecule has 6 nitrogen and oxygen atoms in total. The number of aromatic nitrogens is 1. The number of carbonyl (C=O) groups is 2. The molecule has 0 unspecified atom stereocenters. The van der Waals surface area contributed by atoms with Crippen LogP contribution < -0.4 is 9.47 Å². The van der Waals surface area contributed by atoms with Gasteiger partial charge >= 0.3 is 5.97 Å². The zero-order valence-corrected chi connectivity index (χ0v) is 23.6. The molecule has 0 radical (unpaired) electrons. The fraction of sp³-hybridized carbons (Fsp3) is 0.452. The third-order valence-corrected chi connectivity index (χ3v) is 8.10. The maximum absolute atomic E-state index is 11.9. The van der Waals surface area contributed by atoms with E-state index in [9.17, 15) is 9.59 Å². The summed E-state index contributed by atoms with van der Waals surface area (Å²) in [7, 11) is 0. The third kappa shape index (κ3) is 6.81. The lowest BCUT2D eigenvalue weighted by Crippen LogP contribution is -2.08. The number of hydrogen-bond acceptors (Lipinski definition) is 7. The maximum atomic E-state index is 11.9. The zero-order valence-electron chi connectivity index (χ0n) is 22.8. The van der Waals surface area contributed by atoms with Gasteiger partial charge in [0, 0.05) is 18.9 Å². The molecule has 1 heterocycles. The lowest BCUT2D eigenvalue weighted by atomic mass is 9.98. The Morgan fingerprint density at radius 3 is 2.63 bits per heavy atom. The first kappa shape index (κ1) is 27.8. The number of carbonyl (C=O) groups excluding carboxylic acids is 2. The second-order valence-corrected chi connectivity index (χ2v) is 10.7. The molecule has 0 saturated carbocycles. The quantitative estimate of drug-likeness (QED) is 0.132. The normalized spacial score (nSPS) is 14.3. The van der Waals surface area contributed by atoms with Crippen molar-refractivity contribution in [2.45, 2.75) is 72.1 Å². The predicted molar refractivity (Wildman–Crippen MR) is 151 cm³/mol. The van der Waals surface area contributed by atoms with E-state index < -0.39 is 0 Å². The SMILES string of the molecule is CCCc1cc(-c2nc(C)c(C(C)=O)s2)ccc1OCCCOc1ccc2c(c1)CC[C@H]2CC(=O)OCC. The summed E-state index contributed by atoms with van der Waals surface area (Å²) in [5, 5.41) is 0.867. The fourth-order valence-corrected chi connectivity index (χ4v) is 5.96. The Morgan fingerprint density at radius 1 is 1.08 bits per heavy atom. The summed E-state index contributed by atoms with van der Waals surface area (Å²) in [4.78, 5) is 29.1. The summed E-state index contributed by atoms with van der Waals surface area (Å²) < 4.78 is 17.3. The summed E-state index contributed by atoms with van der Waals surface area (Å²) in [5.41, 5.74) is 5.47. The van der Waals surface area contributed by atoms with Crippen LogP contribution in [0.3, 0.4) is 0 Å². The number of nitrogens with zero attached hydrogens (tertiary/aromatic N) is 1. The van der Waals surface area contributed by atoms with E-state index in [1.165, 1.54) is 22.5 Å². The van der Waals surface area contributed by atoms with Gasteiger partial charge in [-0.3, -0.25) is 9.59 Å². The van der Waals surface area contributed by atoms with Gasteiger partial charge in [-0.25, -0.2) is 4.98 Å². The Bertz CT molecular complexity index is 1280. The summed E-state index contributed by atoms with van der Waals surface area (Å²) in [6, 6.07) is 12.4. The largest absolute Gasteiger partial charge is 0.493 e. The van der Waals surface area contributed by atoms with Crippen LogP contribution in [0.15, 0.2) is 36.4 Å². The van der Waals surface area contributed by atoms with Gasteiger partial charge in [0.2, 0.25) is 0 Å². The fourth-order valence-electron chi connectivity index (χ4n) is 5.00. The number of ether oxygens (including phenoxy) is 3. The Balaban J connectivity index is 1.29. The van der Waals surface area contributed by atoms with Crippen LogP contribution in [0, 0.1) is 6.92 Å². The van der Waals surface area contributed by atoms with Crippen molar-refractivity contribution in [2.24, 2.45) is 0 Å². The first-order valence-electron chi connectivity index (χ1n) is 13.5. The number of Topliss-reactive ketones (excluding diaryl/α,β-unsaturated/α-hetero) is 1. The highest BCUT2D eigenvalue weighted by molar-refractivity contribution is 7.17. The van der Waals surface area contributed by atoms with E-state index in [0.29, 0.717) is 26.2 Å². The van der Waals surface area contributed by atoms with Gasteiger partial charge in [0.25, 0.3) is 0 Å². The summed E-state index contributed by atoms with van der Waals surface area (Å²) >= 11 is 1.45. The van der Waals surface area contributed by atoms with Gasteiger partial charge in [-0.2, -0.15) is 0 Å². The van der Waals surface area contributed by atoms with E-state index in [1.54, 1.807) is 6.92 Å². The van der Waals surface area contributed by atoms with Gasteiger partial charge in [0.05, 0.1) is 36.8 Å². The molecule has 0 bridgehead atoms. The highest BCUT2D eigenvalue weighted by atomic mass is 32.1. The van der Waals surface area contributed by atoms with Crippen LogP contribution in [0.4, 0.5) is 0 Å². The first-order chi connectivity index (χ1) is 18.4. The number of thiazole rings is 1. The molecule has 0 saturated heterocycles. The number of benzene rings is 2. The molecular weight excluding hydrogens is 498 g/mol. The second-order valence-electron chi connectivity index (χ2n) is 9.72. The molecule has 0 N–H and O–H groups in total. The van der Waals surface area contributed by atoms with Gasteiger partial charge in [-0.15, -0.1) is 11.3 Å². The minimum absolute atomic E-state index is 0.0558. The molecule has 38 heavy (non-hydrogen) atoms. The highest BCUT2D eigenvalue weighted by Gasteiger charge is 2.25. The van der Waals surface area contributed by atoms with Gasteiger partial charge < -0.3 is 14.2 Å². The lowest BCUT2D eigenvalue weighted by Gasteiger charge is -2.14. The van der Waals surface area contributed by atoms with Crippen molar-refractivity contribution < 1.29 is 23.8 Å². The molecule has 1 aromatic heterocycles. The van der Waals surface area contributed by atoms with E-state index in [4.69, 9.17) is 14.2 Å². The number of esters is 1. The standard InChI is InChI=1S/C31H37NO5S/c1-5-8-24-17-25(31-32-20(3)30(38-31)21(4)33)11-14-28(24)37-16-7-15-36-26-12-13-27-22(18-26)9-10-23(27)19-29(34)35-6-2/h11-14,17-18,23H,5-10,15-16,19H2,1-4H3/t23-/m0/s1. The average Bonchev–Trinajstić information content (AvgIpc) is 3.48. The van der Waals surface area contributed by atoms with Crippen LogP contribution in [0.1, 0.15) is 84.4 Å². The van der Waals surface area contributed by atoms with E-state index in [0.717, 1.165) is 70.3 Å². The summed E-state index contributed by atoms with van der Waals surface area (Å²) in [6.07, 6.45) is 5.08. The third-order valence-electron chi connectivity index (χ3n) is 6.79. The first-order valence-corrected chi connectivity index (χ1v) is 14.4. The number of hydrogen-bond donors (Lipinski definition) is 0. The van der Waals surface area contributed by atoms with Crippen LogP contribution in [-0.2, 0) is 22.4 Å².